The van der Waals surface area contributed by atoms with Gasteiger partial charge in [0.15, 0.2) is 5.82 Å². The van der Waals surface area contributed by atoms with Crippen LogP contribution in [0, 0.1) is 6.92 Å². The summed E-state index contributed by atoms with van der Waals surface area (Å²) in [5.74, 6) is 1.68. The SMILES string of the molecule is COc1ccc(-n2nnnc2CNS(=O)(=O)c2ccc(OC)c(C)c2)cc1. The Morgan fingerprint density at radius 2 is 1.81 bits per heavy atom. The number of rotatable bonds is 7. The van der Waals surface area contributed by atoms with E-state index in [2.05, 4.69) is 20.2 Å². The topological polar surface area (TPSA) is 108 Å². The third kappa shape index (κ3) is 4.07. The van der Waals surface area contributed by atoms with Gasteiger partial charge in [0, 0.05) is 0 Å². The number of nitrogens with zero attached hydrogens (tertiary/aromatic N) is 4. The van der Waals surface area contributed by atoms with Crippen LogP contribution in [0.3, 0.4) is 0 Å². The van der Waals surface area contributed by atoms with E-state index in [0.717, 1.165) is 5.56 Å². The highest BCUT2D eigenvalue weighted by atomic mass is 32.2. The van der Waals surface area contributed by atoms with E-state index >= 15 is 0 Å². The average Bonchev–Trinajstić information content (AvgIpc) is 3.15. The van der Waals surface area contributed by atoms with E-state index < -0.39 is 10.0 Å². The average molecular weight is 389 g/mol. The van der Waals surface area contributed by atoms with Crippen molar-refractivity contribution in [2.24, 2.45) is 0 Å². The molecule has 9 nitrogen and oxygen atoms in total. The summed E-state index contributed by atoms with van der Waals surface area (Å²) in [7, 11) is -0.616. The van der Waals surface area contributed by atoms with Crippen LogP contribution in [-0.4, -0.2) is 42.8 Å². The van der Waals surface area contributed by atoms with Gasteiger partial charge in [-0.3, -0.25) is 0 Å². The smallest absolute Gasteiger partial charge is 0.240 e. The first-order chi connectivity index (χ1) is 12.9. The second-order valence-corrected chi connectivity index (χ2v) is 7.43. The van der Waals surface area contributed by atoms with Gasteiger partial charge < -0.3 is 9.47 Å². The molecule has 0 spiro atoms. The van der Waals surface area contributed by atoms with Gasteiger partial charge in [0.2, 0.25) is 10.0 Å². The fourth-order valence-electron chi connectivity index (χ4n) is 2.50. The zero-order valence-corrected chi connectivity index (χ0v) is 15.9. The van der Waals surface area contributed by atoms with Gasteiger partial charge in [-0.15, -0.1) is 5.10 Å². The van der Waals surface area contributed by atoms with Gasteiger partial charge in [-0.1, -0.05) is 0 Å². The van der Waals surface area contributed by atoms with Crippen LogP contribution in [0.4, 0.5) is 0 Å². The first-order valence-electron chi connectivity index (χ1n) is 8.00. The molecule has 1 heterocycles. The van der Waals surface area contributed by atoms with Crippen molar-refractivity contribution in [3.05, 3.63) is 53.9 Å². The van der Waals surface area contributed by atoms with Crippen molar-refractivity contribution in [3.8, 4) is 17.2 Å². The lowest BCUT2D eigenvalue weighted by Gasteiger charge is -2.10. The van der Waals surface area contributed by atoms with Crippen LogP contribution in [0.15, 0.2) is 47.4 Å². The maximum atomic E-state index is 12.6. The van der Waals surface area contributed by atoms with Crippen molar-refractivity contribution in [1.29, 1.82) is 0 Å². The normalized spacial score (nSPS) is 11.4. The molecule has 3 rings (SSSR count). The summed E-state index contributed by atoms with van der Waals surface area (Å²) in [5, 5.41) is 11.4. The van der Waals surface area contributed by atoms with E-state index in [4.69, 9.17) is 9.47 Å². The van der Waals surface area contributed by atoms with Crippen LogP contribution in [-0.2, 0) is 16.6 Å². The summed E-state index contributed by atoms with van der Waals surface area (Å²) in [6.45, 7) is 1.72. The van der Waals surface area contributed by atoms with Gasteiger partial charge in [-0.25, -0.2) is 13.1 Å². The number of sulfonamides is 1. The summed E-state index contributed by atoms with van der Waals surface area (Å²) in [6, 6.07) is 11.7. The number of benzene rings is 2. The van der Waals surface area contributed by atoms with E-state index in [9.17, 15) is 8.42 Å². The second kappa shape index (κ2) is 7.72. The van der Waals surface area contributed by atoms with Crippen LogP contribution in [0.5, 0.6) is 11.5 Å². The molecule has 1 N–H and O–H groups in total. The number of methoxy groups -OCH3 is 2. The molecule has 0 saturated heterocycles. The van der Waals surface area contributed by atoms with E-state index in [-0.39, 0.29) is 11.4 Å². The van der Waals surface area contributed by atoms with E-state index in [1.165, 1.54) is 17.9 Å². The number of aromatic nitrogens is 4. The maximum Gasteiger partial charge on any atom is 0.240 e. The molecule has 0 saturated carbocycles. The molecule has 0 amide bonds. The molecule has 0 bridgehead atoms. The lowest BCUT2D eigenvalue weighted by Crippen LogP contribution is -2.25. The Morgan fingerprint density at radius 3 is 2.44 bits per heavy atom. The van der Waals surface area contributed by atoms with Crippen molar-refractivity contribution in [2.75, 3.05) is 14.2 Å². The largest absolute Gasteiger partial charge is 0.497 e. The molecule has 3 aromatic rings. The summed E-state index contributed by atoms with van der Waals surface area (Å²) in [5.41, 5.74) is 1.42. The Hall–Kier alpha value is -2.98. The number of hydrogen-bond acceptors (Lipinski definition) is 7. The Labute approximate surface area is 157 Å². The minimum Gasteiger partial charge on any atom is -0.497 e. The lowest BCUT2D eigenvalue weighted by molar-refractivity contribution is 0.411. The van der Waals surface area contributed by atoms with Crippen molar-refractivity contribution in [2.45, 2.75) is 18.4 Å². The summed E-state index contributed by atoms with van der Waals surface area (Å²) >= 11 is 0. The first-order valence-corrected chi connectivity index (χ1v) is 9.49. The van der Waals surface area contributed by atoms with E-state index in [1.807, 2.05) is 0 Å². The third-order valence-corrected chi connectivity index (χ3v) is 5.35. The van der Waals surface area contributed by atoms with Crippen LogP contribution in [0.1, 0.15) is 11.4 Å². The van der Waals surface area contributed by atoms with Crippen molar-refractivity contribution in [1.82, 2.24) is 24.9 Å². The van der Waals surface area contributed by atoms with Crippen LogP contribution in [0.25, 0.3) is 5.69 Å². The summed E-state index contributed by atoms with van der Waals surface area (Å²) < 4.78 is 39.4. The second-order valence-electron chi connectivity index (χ2n) is 5.66. The third-order valence-electron chi connectivity index (χ3n) is 3.95. The lowest BCUT2D eigenvalue weighted by atomic mass is 10.2. The molecular formula is C17H19N5O4S. The molecule has 0 atom stereocenters. The quantitative estimate of drug-likeness (QED) is 0.652. The van der Waals surface area contributed by atoms with E-state index in [1.54, 1.807) is 50.4 Å². The van der Waals surface area contributed by atoms with Crippen LogP contribution < -0.4 is 14.2 Å². The number of hydrogen-bond donors (Lipinski definition) is 1. The summed E-state index contributed by atoms with van der Waals surface area (Å²) in [6.07, 6.45) is 0. The molecule has 0 fully saturated rings. The highest BCUT2D eigenvalue weighted by molar-refractivity contribution is 7.89. The van der Waals surface area contributed by atoms with Gasteiger partial charge >= 0.3 is 0 Å². The fraction of sp³-hybridized carbons (Fsp3) is 0.235. The maximum absolute atomic E-state index is 12.6. The molecule has 2 aromatic carbocycles. The Morgan fingerprint density at radius 1 is 1.07 bits per heavy atom. The van der Waals surface area contributed by atoms with E-state index in [0.29, 0.717) is 23.0 Å². The van der Waals surface area contributed by atoms with Gasteiger partial charge in [0.05, 0.1) is 31.3 Å². The summed E-state index contributed by atoms with van der Waals surface area (Å²) in [4.78, 5) is 0.143. The molecular weight excluding hydrogens is 370 g/mol. The minimum atomic E-state index is -3.73. The molecule has 27 heavy (non-hydrogen) atoms. The predicted octanol–water partition coefficient (Wildman–Crippen LogP) is 1.47. The fourth-order valence-corrected chi connectivity index (χ4v) is 3.57. The zero-order chi connectivity index (χ0) is 19.4. The Balaban J connectivity index is 1.78. The molecule has 0 aliphatic heterocycles. The molecule has 0 aliphatic rings. The Bertz CT molecular complexity index is 1030. The molecule has 0 aliphatic carbocycles. The highest BCUT2D eigenvalue weighted by Gasteiger charge is 2.17. The molecule has 142 valence electrons. The highest BCUT2D eigenvalue weighted by Crippen LogP contribution is 2.21. The van der Waals surface area contributed by atoms with Crippen LogP contribution in [0.2, 0.25) is 0 Å². The van der Waals surface area contributed by atoms with Gasteiger partial charge in [0.1, 0.15) is 11.5 Å². The van der Waals surface area contributed by atoms with Crippen molar-refractivity contribution < 1.29 is 17.9 Å². The molecule has 10 heteroatoms. The Kier molecular flexibility index (Phi) is 5.38. The van der Waals surface area contributed by atoms with Gasteiger partial charge in [-0.05, 0) is 65.4 Å². The zero-order valence-electron chi connectivity index (χ0n) is 15.1. The number of tetrazole rings is 1. The van der Waals surface area contributed by atoms with Crippen molar-refractivity contribution in [3.63, 3.8) is 0 Å². The monoisotopic (exact) mass is 389 g/mol. The molecule has 1 aromatic heterocycles. The number of ether oxygens (including phenoxy) is 2. The standard InChI is InChI=1S/C17H19N5O4S/c1-12-10-15(8-9-16(12)26-3)27(23,24)18-11-17-19-20-21-22(17)13-4-6-14(25-2)7-5-13/h4-10,18H,11H2,1-3H3. The first kappa shape index (κ1) is 18.8. The van der Waals surface area contributed by atoms with Gasteiger partial charge in [0.25, 0.3) is 0 Å². The predicted molar refractivity (Wildman–Crippen MR) is 97.5 cm³/mol. The van der Waals surface area contributed by atoms with Crippen LogP contribution >= 0.6 is 0 Å². The molecule has 0 radical (unpaired) electrons. The number of nitrogens with one attached hydrogen (secondary N) is 1. The number of aryl methyl sites for hydroxylation is 1. The van der Waals surface area contributed by atoms with Gasteiger partial charge in [-0.2, -0.15) is 4.68 Å². The van der Waals surface area contributed by atoms with Crippen molar-refractivity contribution >= 4 is 10.0 Å². The molecule has 0 unspecified atom stereocenters. The minimum absolute atomic E-state index is 0.0631.